The molecule has 17 nitrogen and oxygen atoms in total. The maximum Gasteiger partial charge on any atom is 0.276 e. The van der Waals surface area contributed by atoms with Crippen LogP contribution >= 0.6 is 0 Å². The molecule has 17 heteroatoms. The Kier molecular flexibility index (Phi) is 10.5. The monoisotopic (exact) mass is 950 g/mol. The third kappa shape index (κ3) is 8.01. The minimum atomic E-state index is -2.83. The Morgan fingerprint density at radius 2 is 1.67 bits per heavy atom. The molecule has 364 valence electrons. The van der Waals surface area contributed by atoms with Crippen molar-refractivity contribution in [2.75, 3.05) is 52.7 Å². The van der Waals surface area contributed by atoms with Crippen LogP contribution in [0, 0.1) is 5.41 Å². The molecular weight excluding hydrogens is 887 g/mol. The number of anilines is 5. The van der Waals surface area contributed by atoms with Crippen molar-refractivity contribution in [2.45, 2.75) is 110 Å². The molecule has 3 fully saturated rings. The summed E-state index contributed by atoms with van der Waals surface area (Å²) in [7, 11) is 0. The fourth-order valence-electron chi connectivity index (χ4n) is 12.1. The molecule has 4 atom stereocenters. The third-order valence-electron chi connectivity index (χ3n) is 15.6. The van der Waals surface area contributed by atoms with Gasteiger partial charge in [0.2, 0.25) is 11.8 Å². The Hall–Kier alpha value is -6.85. The van der Waals surface area contributed by atoms with Crippen molar-refractivity contribution >= 4 is 52.3 Å². The van der Waals surface area contributed by atoms with Crippen LogP contribution in [0.4, 0.5) is 28.7 Å². The van der Waals surface area contributed by atoms with Gasteiger partial charge in [-0.05, 0) is 117 Å². The number of hydrogen-bond donors (Lipinski definition) is 3. The highest BCUT2D eigenvalue weighted by Gasteiger charge is 2.41. The number of nitrogens with one attached hydrogen (secondary N) is 2. The molecule has 0 saturated carbocycles. The van der Waals surface area contributed by atoms with Crippen molar-refractivity contribution in [3.8, 4) is 11.1 Å². The predicted octanol–water partition coefficient (Wildman–Crippen LogP) is 4.99. The second-order valence-electron chi connectivity index (χ2n) is 20.8. The normalized spacial score (nSPS) is 24.2. The zero-order valence-corrected chi connectivity index (χ0v) is 40.1. The number of amides is 4. The van der Waals surface area contributed by atoms with E-state index in [2.05, 4.69) is 73.6 Å². The van der Waals surface area contributed by atoms with Crippen LogP contribution in [0.15, 0.2) is 71.9 Å². The lowest BCUT2D eigenvalue weighted by Crippen LogP contribution is -2.58. The number of nitrogens with zero attached hydrogens (tertiary/aromatic N) is 9. The van der Waals surface area contributed by atoms with Crippen molar-refractivity contribution in [3.63, 3.8) is 0 Å². The molecule has 1 aliphatic carbocycles. The van der Waals surface area contributed by atoms with E-state index in [0.29, 0.717) is 70.4 Å². The fraction of sp³-hybridized carbons (Fsp3) is 0.453. The molecular formula is C53H61N11O6. The quantitative estimate of drug-likeness (QED) is 0.169. The lowest BCUT2D eigenvalue weighted by Gasteiger charge is -2.48. The Bertz CT molecular complexity index is 3130. The first kappa shape index (κ1) is 42.1. The highest BCUT2D eigenvalue weighted by molar-refractivity contribution is 6.07. The highest BCUT2D eigenvalue weighted by atomic mass is 16.3. The second kappa shape index (κ2) is 17.5. The second-order valence-corrected chi connectivity index (χ2v) is 20.8. The summed E-state index contributed by atoms with van der Waals surface area (Å²) in [6, 6.07) is 15.1. The van der Waals surface area contributed by atoms with E-state index in [1.807, 2.05) is 24.3 Å². The number of aliphatic hydroxyl groups is 1. The molecule has 5 aliphatic heterocycles. The van der Waals surface area contributed by atoms with Crippen LogP contribution in [0.25, 0.3) is 11.1 Å². The largest absolute Gasteiger partial charge is 0.392 e. The van der Waals surface area contributed by atoms with Crippen molar-refractivity contribution in [1.29, 1.82) is 0 Å². The van der Waals surface area contributed by atoms with E-state index >= 15 is 0 Å². The Labute approximate surface area is 411 Å². The number of hydrogen-bond acceptors (Lipinski definition) is 12. The topological polar surface area (TPSA) is 181 Å². The van der Waals surface area contributed by atoms with Crippen molar-refractivity contribution in [3.05, 3.63) is 111 Å². The molecule has 11 rings (SSSR count). The molecule has 1 aromatic carbocycles. The van der Waals surface area contributed by atoms with Crippen molar-refractivity contribution in [1.82, 2.24) is 34.2 Å². The lowest BCUT2D eigenvalue weighted by atomic mass is 9.90. The number of pyridine rings is 3. The Morgan fingerprint density at radius 3 is 2.43 bits per heavy atom. The van der Waals surface area contributed by atoms with E-state index in [9.17, 15) is 29.1 Å². The molecule has 4 aromatic heterocycles. The average Bonchev–Trinajstić information content (AvgIpc) is 3.98. The first-order valence-corrected chi connectivity index (χ1v) is 24.5. The molecule has 4 amide bonds. The molecule has 3 saturated heterocycles. The van der Waals surface area contributed by atoms with Gasteiger partial charge in [-0.2, -0.15) is 0 Å². The van der Waals surface area contributed by atoms with Gasteiger partial charge in [-0.25, -0.2) is 9.97 Å². The SMILES string of the molecule is [2H]C([2H])([2H])n1cc(-c2ccnc(N3CCn4c(cc5c4CC(C)(C)C5)C3=O)c2CO)cc(Nc2ccc(N3CCN([C@@H]4CCN(c5ccc6c(c5)CN(C5CCC(=O)NC5=O)C6=O)[C@H](C)C4)C[C@@H]3C)cn2)c1=O. The van der Waals surface area contributed by atoms with Gasteiger partial charge in [0, 0.05) is 122 Å². The zero-order valence-electron chi connectivity index (χ0n) is 43.1. The summed E-state index contributed by atoms with van der Waals surface area (Å²) in [5, 5.41) is 16.3. The molecule has 70 heavy (non-hydrogen) atoms. The van der Waals surface area contributed by atoms with E-state index in [0.717, 1.165) is 68.8 Å². The number of aryl methyl sites for hydroxylation is 1. The fourth-order valence-corrected chi connectivity index (χ4v) is 12.1. The number of fused-ring (bicyclic) bond motifs is 4. The van der Waals surface area contributed by atoms with E-state index in [1.54, 1.807) is 34.2 Å². The number of piperazine rings is 1. The summed E-state index contributed by atoms with van der Waals surface area (Å²) in [6.45, 7) is 10.2. The summed E-state index contributed by atoms with van der Waals surface area (Å²) in [4.78, 5) is 85.3. The van der Waals surface area contributed by atoms with Gasteiger partial charge in [0.25, 0.3) is 17.4 Å². The van der Waals surface area contributed by atoms with Crippen LogP contribution < -0.4 is 30.9 Å². The summed E-state index contributed by atoms with van der Waals surface area (Å²) in [5.41, 5.74) is 6.91. The van der Waals surface area contributed by atoms with Crippen LogP contribution in [-0.2, 0) is 49.1 Å². The van der Waals surface area contributed by atoms with Gasteiger partial charge < -0.3 is 34.3 Å². The van der Waals surface area contributed by atoms with Crippen molar-refractivity contribution in [2.24, 2.45) is 12.4 Å². The number of carbonyl (C=O) groups excluding carboxylic acids is 4. The van der Waals surface area contributed by atoms with Gasteiger partial charge in [0.05, 0.1) is 18.5 Å². The number of benzene rings is 1. The molecule has 5 aromatic rings. The first-order valence-electron chi connectivity index (χ1n) is 26.0. The van der Waals surface area contributed by atoms with Gasteiger partial charge >= 0.3 is 0 Å². The number of aromatic nitrogens is 4. The van der Waals surface area contributed by atoms with E-state index < -0.39 is 31.1 Å². The van der Waals surface area contributed by atoms with Crippen molar-refractivity contribution < 1.29 is 28.4 Å². The molecule has 3 N–H and O–H groups in total. The smallest absolute Gasteiger partial charge is 0.276 e. The molecule has 6 aliphatic rings. The molecule has 9 heterocycles. The number of rotatable bonds is 9. The Morgan fingerprint density at radius 1 is 0.843 bits per heavy atom. The number of imide groups is 1. The van der Waals surface area contributed by atoms with Gasteiger partial charge in [-0.3, -0.25) is 39.1 Å². The van der Waals surface area contributed by atoms with E-state index in [1.165, 1.54) is 23.7 Å². The minimum absolute atomic E-state index is 0.0228. The van der Waals surface area contributed by atoms with Crippen LogP contribution in [0.1, 0.15) is 101 Å². The summed E-state index contributed by atoms with van der Waals surface area (Å²) < 4.78 is 27.6. The molecule has 0 bridgehead atoms. The maximum atomic E-state index is 14.1. The highest BCUT2D eigenvalue weighted by Crippen LogP contribution is 2.41. The standard InChI is InChI=1S/C53H61N11O6/c1-31-20-36(13-15-60(31)37-6-8-40-34(21-37)29-64(50(40)68)43-9-11-47(66)57-49(43)67)59-16-17-61(32(2)27-59)38-7-10-46(55-26-38)56-42-22-35(28-58(5)51(42)69)39-12-14-54-48(41(39)30-65)63-19-18-62-44(52(63)70)23-33-24-53(3,4)25-45(33)62/h6-8,10,12,14,21-23,26,28,31-32,36,43,65H,9,11,13,15-20,24-25,27,29-30H2,1-5H3,(H,55,56)(H,57,66,67)/t31-,32+,36-,43?/m1/s1/i5D3. The van der Waals surface area contributed by atoms with Crippen LogP contribution in [0.3, 0.4) is 0 Å². The van der Waals surface area contributed by atoms with E-state index in [4.69, 9.17) is 4.11 Å². The number of carbonyl (C=O) groups is 4. The van der Waals surface area contributed by atoms with Crippen LogP contribution in [0.2, 0.25) is 0 Å². The number of piperidine rings is 2. The minimum Gasteiger partial charge on any atom is -0.392 e. The van der Waals surface area contributed by atoms with E-state index in [-0.39, 0.29) is 53.1 Å². The van der Waals surface area contributed by atoms with Gasteiger partial charge in [-0.15, -0.1) is 0 Å². The summed E-state index contributed by atoms with van der Waals surface area (Å²) in [6.07, 6.45) is 8.85. The van der Waals surface area contributed by atoms with Gasteiger partial charge in [0.1, 0.15) is 29.1 Å². The average molecular weight is 951 g/mol. The summed E-state index contributed by atoms with van der Waals surface area (Å²) in [5.74, 6) is -0.477. The van der Waals surface area contributed by atoms with Gasteiger partial charge in [-0.1, -0.05) is 13.8 Å². The van der Waals surface area contributed by atoms with Crippen LogP contribution in [0.5, 0.6) is 0 Å². The molecule has 1 unspecified atom stereocenters. The summed E-state index contributed by atoms with van der Waals surface area (Å²) >= 11 is 0. The molecule has 0 radical (unpaired) electrons. The van der Waals surface area contributed by atoms with Gasteiger partial charge in [0.15, 0.2) is 0 Å². The third-order valence-corrected chi connectivity index (χ3v) is 15.6. The zero-order chi connectivity index (χ0) is 51.2. The lowest BCUT2D eigenvalue weighted by molar-refractivity contribution is -0.136. The molecule has 0 spiro atoms. The number of aliphatic hydroxyl groups excluding tert-OH is 1. The predicted molar refractivity (Wildman–Crippen MR) is 266 cm³/mol. The maximum absolute atomic E-state index is 14.1. The first-order chi connectivity index (χ1) is 34.8. The van der Waals surface area contributed by atoms with Crippen LogP contribution in [-0.4, -0.2) is 115 Å². The Balaban J connectivity index is 0.748.